The molecule has 0 fully saturated rings. The summed E-state index contributed by atoms with van der Waals surface area (Å²) in [7, 11) is 2.11. The Morgan fingerprint density at radius 2 is 1.69 bits per heavy atom. The summed E-state index contributed by atoms with van der Waals surface area (Å²) in [5.41, 5.74) is 1.07. The number of hydrogen-bond donors (Lipinski definition) is 0. The Morgan fingerprint density at radius 3 is 1.85 bits per heavy atom. The Hall–Kier alpha value is 0.590. The van der Waals surface area contributed by atoms with Gasteiger partial charge < -0.3 is 0 Å². The average Bonchev–Trinajstić information content (AvgIpc) is 2.11. The molecule has 0 amide bonds. The van der Waals surface area contributed by atoms with Gasteiger partial charge in [-0.1, -0.05) is 31.9 Å². The highest BCUT2D eigenvalue weighted by Crippen LogP contribution is 2.36. The van der Waals surface area contributed by atoms with E-state index in [1.807, 2.05) is 0 Å². The van der Waals surface area contributed by atoms with E-state index < -0.39 is 0 Å². The third-order valence-corrected chi connectivity index (χ3v) is 3.75. The first-order chi connectivity index (χ1) is 5.69. The van der Waals surface area contributed by atoms with Crippen molar-refractivity contribution in [2.75, 3.05) is 7.05 Å². The van der Waals surface area contributed by atoms with Crippen LogP contribution in [0.15, 0.2) is 4.99 Å². The summed E-state index contributed by atoms with van der Waals surface area (Å²) in [4.78, 5) is 6.99. The highest BCUT2D eigenvalue weighted by Gasteiger charge is 2.46. The van der Waals surface area contributed by atoms with Gasteiger partial charge in [-0.15, -0.1) is 0 Å². The molecule has 0 unspecified atom stereocenters. The minimum Gasteiger partial charge on any atom is -0.272 e. The van der Waals surface area contributed by atoms with Crippen LogP contribution in [-0.2, 0) is 0 Å². The van der Waals surface area contributed by atoms with Crippen LogP contribution in [0.2, 0.25) is 0 Å². The minimum atomic E-state index is -0.0986. The van der Waals surface area contributed by atoms with Crippen LogP contribution >= 0.6 is 31.9 Å². The summed E-state index contributed by atoms with van der Waals surface area (Å²) in [6.07, 6.45) is 0. The van der Waals surface area contributed by atoms with Gasteiger partial charge in [0.2, 0.25) is 0 Å². The zero-order valence-corrected chi connectivity index (χ0v) is 11.9. The molecular formula is C9H16Br2N2. The molecule has 0 aromatic carbocycles. The maximum atomic E-state index is 4.70. The normalized spacial score (nSPS) is 26.6. The monoisotopic (exact) mass is 310 g/mol. The number of hydrogen-bond acceptors (Lipinski definition) is 2. The lowest BCUT2D eigenvalue weighted by molar-refractivity contribution is 0.120. The van der Waals surface area contributed by atoms with Crippen molar-refractivity contribution in [2.24, 2.45) is 4.99 Å². The van der Waals surface area contributed by atoms with Gasteiger partial charge in [-0.2, -0.15) is 0 Å². The predicted octanol–water partition coefficient (Wildman–Crippen LogP) is 3.00. The molecule has 0 aromatic rings. The molecule has 0 N–H and O–H groups in total. The molecule has 76 valence electrons. The van der Waals surface area contributed by atoms with E-state index in [0.29, 0.717) is 0 Å². The van der Waals surface area contributed by atoms with Crippen LogP contribution in [-0.4, -0.2) is 32.6 Å². The first-order valence-electron chi connectivity index (χ1n) is 4.32. The van der Waals surface area contributed by atoms with Gasteiger partial charge in [-0.25, -0.2) is 0 Å². The van der Waals surface area contributed by atoms with E-state index in [2.05, 4.69) is 71.5 Å². The van der Waals surface area contributed by atoms with Crippen molar-refractivity contribution in [3.8, 4) is 0 Å². The van der Waals surface area contributed by atoms with Gasteiger partial charge in [0.05, 0.1) is 11.3 Å². The fourth-order valence-electron chi connectivity index (χ4n) is 1.68. The third kappa shape index (κ3) is 1.85. The van der Waals surface area contributed by atoms with Crippen LogP contribution in [0.1, 0.15) is 27.7 Å². The van der Waals surface area contributed by atoms with Gasteiger partial charge in [0.1, 0.15) is 9.40 Å². The molecule has 1 rings (SSSR count). The Labute approximate surface area is 97.0 Å². The number of nitrogens with zero attached hydrogens (tertiary/aromatic N) is 2. The molecule has 0 radical (unpaired) electrons. The summed E-state index contributed by atoms with van der Waals surface area (Å²) in [6.45, 7) is 8.64. The molecule has 1 aliphatic rings. The zero-order chi connectivity index (χ0) is 10.4. The molecular weight excluding hydrogens is 296 g/mol. The zero-order valence-electron chi connectivity index (χ0n) is 8.73. The maximum Gasteiger partial charge on any atom is 0.109 e. The lowest BCUT2D eigenvalue weighted by Gasteiger charge is -2.36. The van der Waals surface area contributed by atoms with Crippen LogP contribution in [0.3, 0.4) is 0 Å². The van der Waals surface area contributed by atoms with Crippen molar-refractivity contribution >= 4 is 37.6 Å². The predicted molar refractivity (Wildman–Crippen MR) is 65.0 cm³/mol. The van der Waals surface area contributed by atoms with Gasteiger partial charge in [0.15, 0.2) is 0 Å². The molecule has 0 atom stereocenters. The quantitative estimate of drug-likeness (QED) is 0.680. The van der Waals surface area contributed by atoms with E-state index in [1.165, 1.54) is 0 Å². The van der Waals surface area contributed by atoms with E-state index >= 15 is 0 Å². The Kier molecular flexibility index (Phi) is 2.97. The highest BCUT2D eigenvalue weighted by molar-refractivity contribution is 9.25. The van der Waals surface area contributed by atoms with E-state index in [9.17, 15) is 0 Å². The molecule has 1 aliphatic heterocycles. The van der Waals surface area contributed by atoms with Gasteiger partial charge in [-0.05, 0) is 34.7 Å². The highest BCUT2D eigenvalue weighted by atomic mass is 79.9. The summed E-state index contributed by atoms with van der Waals surface area (Å²) >= 11 is 7.03. The van der Waals surface area contributed by atoms with Gasteiger partial charge >= 0.3 is 0 Å². The van der Waals surface area contributed by atoms with Crippen LogP contribution < -0.4 is 0 Å². The molecule has 13 heavy (non-hydrogen) atoms. The fraction of sp³-hybridized carbons (Fsp3) is 0.889. The van der Waals surface area contributed by atoms with Crippen LogP contribution in [0, 0.1) is 0 Å². The van der Waals surface area contributed by atoms with Crippen molar-refractivity contribution in [3.05, 3.63) is 0 Å². The molecule has 2 nitrogen and oxygen atoms in total. The molecule has 0 saturated heterocycles. The van der Waals surface area contributed by atoms with Crippen molar-refractivity contribution in [2.45, 2.75) is 42.6 Å². The first kappa shape index (κ1) is 11.7. The second-order valence-electron chi connectivity index (χ2n) is 4.41. The second kappa shape index (κ2) is 3.31. The fourth-order valence-corrected chi connectivity index (χ4v) is 3.00. The minimum absolute atomic E-state index is 0.0150. The van der Waals surface area contributed by atoms with E-state index in [4.69, 9.17) is 4.99 Å². The summed E-state index contributed by atoms with van der Waals surface area (Å²) < 4.78 is 0.166. The van der Waals surface area contributed by atoms with Crippen molar-refractivity contribution < 1.29 is 0 Å². The first-order valence-corrected chi connectivity index (χ1v) is 6.15. The smallest absolute Gasteiger partial charge is 0.109 e. The SMILES string of the molecule is CN1C(C)(C)N=C(C(Br)Br)C1(C)C. The van der Waals surface area contributed by atoms with Crippen molar-refractivity contribution in [1.82, 2.24) is 4.90 Å². The molecule has 4 heteroatoms. The van der Waals surface area contributed by atoms with Crippen LogP contribution in [0.4, 0.5) is 0 Å². The van der Waals surface area contributed by atoms with Crippen LogP contribution in [0.25, 0.3) is 0 Å². The number of rotatable bonds is 1. The Balaban J connectivity index is 3.10. The second-order valence-corrected chi connectivity index (χ2v) is 7.47. The molecule has 0 bridgehead atoms. The van der Waals surface area contributed by atoms with E-state index in [1.54, 1.807) is 0 Å². The summed E-state index contributed by atoms with van der Waals surface area (Å²) in [5.74, 6) is 0. The molecule has 0 aromatic heterocycles. The number of halogens is 2. The number of alkyl halides is 2. The van der Waals surface area contributed by atoms with Crippen molar-refractivity contribution in [3.63, 3.8) is 0 Å². The summed E-state index contributed by atoms with van der Waals surface area (Å²) in [5, 5.41) is 0. The lowest BCUT2D eigenvalue weighted by atomic mass is 9.98. The van der Waals surface area contributed by atoms with E-state index in [0.717, 1.165) is 5.71 Å². The molecule has 0 saturated carbocycles. The average molecular weight is 312 g/mol. The number of aliphatic imine (C=N–C) groups is 1. The topological polar surface area (TPSA) is 15.6 Å². The molecule has 0 spiro atoms. The largest absolute Gasteiger partial charge is 0.272 e. The van der Waals surface area contributed by atoms with Crippen LogP contribution in [0.5, 0.6) is 0 Å². The van der Waals surface area contributed by atoms with Gasteiger partial charge in [0, 0.05) is 0 Å². The Bertz CT molecular complexity index is 244. The summed E-state index contributed by atoms with van der Waals surface area (Å²) in [6, 6.07) is 0. The van der Waals surface area contributed by atoms with Crippen molar-refractivity contribution in [1.29, 1.82) is 0 Å². The molecule has 1 heterocycles. The van der Waals surface area contributed by atoms with Gasteiger partial charge in [-0.3, -0.25) is 9.89 Å². The van der Waals surface area contributed by atoms with E-state index in [-0.39, 0.29) is 14.9 Å². The van der Waals surface area contributed by atoms with Gasteiger partial charge in [0.25, 0.3) is 0 Å². The standard InChI is InChI=1S/C9H16Br2N2/c1-8(2)6(7(10)11)12-9(3,4)13(8)5/h7H,1-5H3. The molecule has 0 aliphatic carbocycles. The maximum absolute atomic E-state index is 4.70. The third-order valence-electron chi connectivity index (χ3n) is 2.89. The lowest BCUT2D eigenvalue weighted by Crippen LogP contribution is -2.50. The Morgan fingerprint density at radius 1 is 1.23 bits per heavy atom.